The van der Waals surface area contributed by atoms with Crippen molar-refractivity contribution in [3.63, 3.8) is 0 Å². The molecule has 1 aliphatic heterocycles. The molecule has 1 aromatic heterocycles. The first-order chi connectivity index (χ1) is 13.1. The molecular formula is C20H26FN3O2S. The Morgan fingerprint density at radius 2 is 1.93 bits per heavy atom. The highest BCUT2D eigenvalue weighted by molar-refractivity contribution is 7.99. The van der Waals surface area contributed by atoms with Gasteiger partial charge in [0.25, 0.3) is 0 Å². The topological polar surface area (TPSA) is 60.2 Å². The summed E-state index contributed by atoms with van der Waals surface area (Å²) in [6.07, 6.45) is 7.32. The first kappa shape index (κ1) is 18.9. The molecule has 0 radical (unpaired) electrons. The number of aromatic nitrogens is 3. The summed E-state index contributed by atoms with van der Waals surface area (Å²) in [6, 6.07) is 6.35. The fourth-order valence-electron chi connectivity index (χ4n) is 3.92. The van der Waals surface area contributed by atoms with Crippen molar-refractivity contribution < 1.29 is 14.2 Å². The zero-order valence-corrected chi connectivity index (χ0v) is 16.3. The molecule has 0 amide bonds. The minimum absolute atomic E-state index is 0.150. The molecule has 4 rings (SSSR count). The lowest BCUT2D eigenvalue weighted by atomic mass is 9.86. The Hall–Kier alpha value is -1.44. The van der Waals surface area contributed by atoms with Gasteiger partial charge in [-0.3, -0.25) is 4.57 Å². The van der Waals surface area contributed by atoms with Gasteiger partial charge in [-0.05, 0) is 49.9 Å². The molecular weight excluding hydrogens is 365 g/mol. The fourth-order valence-corrected chi connectivity index (χ4v) is 5.02. The van der Waals surface area contributed by atoms with Crippen LogP contribution in [0.25, 0.3) is 11.4 Å². The standard InChI is InChI=1S/C20H26FN3O2S/c21-16-8-6-15(7-9-16)18-22-23-19(24(18)13-17-5-4-12-26-17)27-14-20(25)10-2-1-3-11-20/h6-9,17,25H,1-5,10-14H2. The molecule has 1 aliphatic carbocycles. The number of rotatable bonds is 6. The van der Waals surface area contributed by atoms with Crippen LogP contribution in [0, 0.1) is 5.82 Å². The van der Waals surface area contributed by atoms with Crippen LogP contribution in [0.5, 0.6) is 0 Å². The maximum Gasteiger partial charge on any atom is 0.191 e. The van der Waals surface area contributed by atoms with Gasteiger partial charge < -0.3 is 9.84 Å². The third-order valence-electron chi connectivity index (χ3n) is 5.48. The number of aliphatic hydroxyl groups is 1. The van der Waals surface area contributed by atoms with Gasteiger partial charge in [-0.2, -0.15) is 0 Å². The minimum Gasteiger partial charge on any atom is -0.389 e. The van der Waals surface area contributed by atoms with Crippen LogP contribution in [-0.4, -0.2) is 43.9 Å². The number of benzene rings is 1. The van der Waals surface area contributed by atoms with Crippen molar-refractivity contribution >= 4 is 11.8 Å². The Morgan fingerprint density at radius 3 is 2.63 bits per heavy atom. The van der Waals surface area contributed by atoms with E-state index in [4.69, 9.17) is 4.74 Å². The second kappa shape index (κ2) is 8.29. The molecule has 5 nitrogen and oxygen atoms in total. The summed E-state index contributed by atoms with van der Waals surface area (Å²) < 4.78 is 21.2. The van der Waals surface area contributed by atoms with Crippen LogP contribution in [0.1, 0.15) is 44.9 Å². The first-order valence-corrected chi connectivity index (χ1v) is 10.8. The van der Waals surface area contributed by atoms with Gasteiger partial charge >= 0.3 is 0 Å². The number of ether oxygens (including phenoxy) is 1. The van der Waals surface area contributed by atoms with E-state index in [1.54, 1.807) is 23.9 Å². The zero-order chi connectivity index (χ0) is 18.7. The van der Waals surface area contributed by atoms with E-state index in [0.29, 0.717) is 12.3 Å². The molecule has 2 aromatic rings. The SMILES string of the molecule is OC1(CSc2nnc(-c3ccc(F)cc3)n2CC2CCCO2)CCCCC1. The maximum absolute atomic E-state index is 13.3. The number of hydrogen-bond acceptors (Lipinski definition) is 5. The Morgan fingerprint density at radius 1 is 1.15 bits per heavy atom. The molecule has 2 aliphatic rings. The fraction of sp³-hybridized carbons (Fsp3) is 0.600. The molecule has 2 heterocycles. The van der Waals surface area contributed by atoms with Gasteiger partial charge in [-0.1, -0.05) is 31.0 Å². The van der Waals surface area contributed by atoms with Crippen molar-refractivity contribution in [3.05, 3.63) is 30.1 Å². The minimum atomic E-state index is -0.612. The van der Waals surface area contributed by atoms with Crippen LogP contribution in [0.15, 0.2) is 29.4 Å². The van der Waals surface area contributed by atoms with Crippen LogP contribution < -0.4 is 0 Å². The van der Waals surface area contributed by atoms with E-state index in [1.807, 2.05) is 0 Å². The Balaban J connectivity index is 1.57. The van der Waals surface area contributed by atoms with E-state index in [9.17, 15) is 9.50 Å². The van der Waals surface area contributed by atoms with Gasteiger partial charge in [-0.25, -0.2) is 4.39 Å². The molecule has 1 saturated carbocycles. The van der Waals surface area contributed by atoms with E-state index < -0.39 is 5.60 Å². The van der Waals surface area contributed by atoms with Gasteiger partial charge in [0, 0.05) is 17.9 Å². The Bertz CT molecular complexity index is 753. The van der Waals surface area contributed by atoms with E-state index in [-0.39, 0.29) is 11.9 Å². The van der Waals surface area contributed by atoms with E-state index in [0.717, 1.165) is 61.7 Å². The van der Waals surface area contributed by atoms with Gasteiger partial charge in [-0.15, -0.1) is 10.2 Å². The number of thioether (sulfide) groups is 1. The summed E-state index contributed by atoms with van der Waals surface area (Å²) in [4.78, 5) is 0. The van der Waals surface area contributed by atoms with E-state index in [1.165, 1.54) is 18.6 Å². The van der Waals surface area contributed by atoms with Gasteiger partial charge in [0.2, 0.25) is 0 Å². The van der Waals surface area contributed by atoms with Crippen LogP contribution in [0.2, 0.25) is 0 Å². The summed E-state index contributed by atoms with van der Waals surface area (Å²) >= 11 is 1.56. The predicted molar refractivity (Wildman–Crippen MR) is 103 cm³/mol. The lowest BCUT2D eigenvalue weighted by Crippen LogP contribution is -2.34. The largest absolute Gasteiger partial charge is 0.389 e. The van der Waals surface area contributed by atoms with Crippen LogP contribution in [-0.2, 0) is 11.3 Å². The summed E-state index contributed by atoms with van der Waals surface area (Å²) in [6.45, 7) is 1.47. The van der Waals surface area contributed by atoms with Crippen LogP contribution in [0.4, 0.5) is 4.39 Å². The molecule has 1 atom stereocenters. The number of halogens is 1. The molecule has 0 spiro atoms. The van der Waals surface area contributed by atoms with Gasteiger partial charge in [0.05, 0.1) is 18.2 Å². The Labute approximate surface area is 163 Å². The normalized spacial score (nSPS) is 22.2. The lowest BCUT2D eigenvalue weighted by Gasteiger charge is -2.31. The van der Waals surface area contributed by atoms with Crippen molar-refractivity contribution in [1.82, 2.24) is 14.8 Å². The molecule has 1 unspecified atom stereocenters. The molecule has 2 fully saturated rings. The monoisotopic (exact) mass is 391 g/mol. The van der Waals surface area contributed by atoms with Crippen molar-refractivity contribution in [2.24, 2.45) is 0 Å². The molecule has 7 heteroatoms. The van der Waals surface area contributed by atoms with Crippen molar-refractivity contribution in [2.75, 3.05) is 12.4 Å². The first-order valence-electron chi connectivity index (χ1n) is 9.79. The molecule has 1 saturated heterocycles. The summed E-state index contributed by atoms with van der Waals surface area (Å²) in [5.41, 5.74) is 0.227. The maximum atomic E-state index is 13.3. The third-order valence-corrected chi connectivity index (χ3v) is 6.73. The molecule has 146 valence electrons. The second-order valence-corrected chi connectivity index (χ2v) is 8.57. The third kappa shape index (κ3) is 4.52. The Kier molecular flexibility index (Phi) is 5.80. The van der Waals surface area contributed by atoms with Gasteiger partial charge in [0.15, 0.2) is 11.0 Å². The highest BCUT2D eigenvalue weighted by Crippen LogP contribution is 2.34. The zero-order valence-electron chi connectivity index (χ0n) is 15.4. The highest BCUT2D eigenvalue weighted by atomic mass is 32.2. The van der Waals surface area contributed by atoms with Crippen molar-refractivity contribution in [3.8, 4) is 11.4 Å². The summed E-state index contributed by atoms with van der Waals surface area (Å²) in [5.74, 6) is 1.08. The van der Waals surface area contributed by atoms with Crippen LogP contribution in [0.3, 0.4) is 0 Å². The van der Waals surface area contributed by atoms with E-state index >= 15 is 0 Å². The van der Waals surface area contributed by atoms with Gasteiger partial charge in [0.1, 0.15) is 5.82 Å². The van der Waals surface area contributed by atoms with Crippen molar-refractivity contribution in [1.29, 1.82) is 0 Å². The summed E-state index contributed by atoms with van der Waals surface area (Å²) in [7, 11) is 0. The number of nitrogens with zero attached hydrogens (tertiary/aromatic N) is 3. The quantitative estimate of drug-likeness (QED) is 0.753. The highest BCUT2D eigenvalue weighted by Gasteiger charge is 2.30. The second-order valence-electron chi connectivity index (χ2n) is 7.63. The van der Waals surface area contributed by atoms with E-state index in [2.05, 4.69) is 14.8 Å². The molecule has 1 N–H and O–H groups in total. The average Bonchev–Trinajstić information content (AvgIpc) is 3.32. The van der Waals surface area contributed by atoms with Crippen molar-refractivity contribution in [2.45, 2.75) is 68.4 Å². The smallest absolute Gasteiger partial charge is 0.191 e. The molecule has 0 bridgehead atoms. The number of hydrogen-bond donors (Lipinski definition) is 1. The molecule has 1 aromatic carbocycles. The average molecular weight is 392 g/mol. The molecule has 27 heavy (non-hydrogen) atoms. The predicted octanol–water partition coefficient (Wildman–Crippen LogP) is 4.05. The van der Waals surface area contributed by atoms with Crippen LogP contribution >= 0.6 is 11.8 Å². The summed E-state index contributed by atoms with van der Waals surface area (Å²) in [5, 5.41) is 20.4. The lowest BCUT2D eigenvalue weighted by molar-refractivity contribution is 0.0272.